The third kappa shape index (κ3) is 3.59. The molecule has 4 aromatic rings. The second kappa shape index (κ2) is 7.44. The average Bonchev–Trinajstić information content (AvgIpc) is 3.34. The number of hydrogen-bond donors (Lipinski definition) is 0. The SMILES string of the molecule is Cn1c(/C(C#N)=C\c2ccc(OCc3cscn3)cc2)nc2ccccc21. The number of aryl methyl sites for hydroxylation is 1. The summed E-state index contributed by atoms with van der Waals surface area (Å²) in [5.74, 6) is 1.42. The van der Waals surface area contributed by atoms with Crippen LogP contribution in [0.3, 0.4) is 0 Å². The first kappa shape index (κ1) is 17.0. The van der Waals surface area contributed by atoms with Crippen LogP contribution in [0.1, 0.15) is 17.1 Å². The Balaban J connectivity index is 1.57. The number of hydrogen-bond acceptors (Lipinski definition) is 5. The Morgan fingerprint density at radius 2 is 2.04 bits per heavy atom. The molecule has 0 aliphatic heterocycles. The quantitative estimate of drug-likeness (QED) is 0.478. The fourth-order valence-electron chi connectivity index (χ4n) is 2.83. The van der Waals surface area contributed by atoms with Crippen molar-refractivity contribution in [3.8, 4) is 11.8 Å². The zero-order valence-electron chi connectivity index (χ0n) is 14.7. The summed E-state index contributed by atoms with van der Waals surface area (Å²) in [4.78, 5) is 8.79. The number of allylic oxidation sites excluding steroid dienone is 1. The van der Waals surface area contributed by atoms with Gasteiger partial charge in [0.05, 0.1) is 27.8 Å². The maximum absolute atomic E-state index is 9.63. The van der Waals surface area contributed by atoms with Gasteiger partial charge in [0.2, 0.25) is 0 Å². The van der Waals surface area contributed by atoms with Gasteiger partial charge in [-0.05, 0) is 35.9 Å². The molecule has 0 aliphatic rings. The maximum Gasteiger partial charge on any atom is 0.151 e. The molecule has 0 spiro atoms. The minimum Gasteiger partial charge on any atom is -0.487 e. The van der Waals surface area contributed by atoms with E-state index < -0.39 is 0 Å². The molecule has 0 saturated heterocycles. The lowest BCUT2D eigenvalue weighted by atomic mass is 10.1. The number of imidazole rings is 1. The van der Waals surface area contributed by atoms with Gasteiger partial charge in [-0.15, -0.1) is 11.3 Å². The molecule has 6 heteroatoms. The highest BCUT2D eigenvalue weighted by molar-refractivity contribution is 7.07. The number of thiazole rings is 1. The van der Waals surface area contributed by atoms with Crippen molar-refractivity contribution in [2.24, 2.45) is 7.05 Å². The highest BCUT2D eigenvalue weighted by atomic mass is 32.1. The van der Waals surface area contributed by atoms with Gasteiger partial charge in [-0.1, -0.05) is 24.3 Å². The molecule has 0 bridgehead atoms. The monoisotopic (exact) mass is 372 g/mol. The summed E-state index contributed by atoms with van der Waals surface area (Å²) in [5, 5.41) is 11.6. The second-order valence-electron chi connectivity index (χ2n) is 5.99. The molecule has 0 atom stereocenters. The van der Waals surface area contributed by atoms with E-state index in [1.54, 1.807) is 16.8 Å². The van der Waals surface area contributed by atoms with Gasteiger partial charge in [0, 0.05) is 12.4 Å². The van der Waals surface area contributed by atoms with Gasteiger partial charge < -0.3 is 9.30 Å². The Morgan fingerprint density at radius 1 is 1.22 bits per heavy atom. The van der Waals surface area contributed by atoms with E-state index in [2.05, 4.69) is 16.0 Å². The Kier molecular flexibility index (Phi) is 4.69. The molecule has 2 aromatic heterocycles. The van der Waals surface area contributed by atoms with E-state index in [-0.39, 0.29) is 0 Å². The summed E-state index contributed by atoms with van der Waals surface area (Å²) in [7, 11) is 1.92. The van der Waals surface area contributed by atoms with Crippen molar-refractivity contribution in [3.63, 3.8) is 0 Å². The van der Waals surface area contributed by atoms with Crippen LogP contribution in [0.25, 0.3) is 22.7 Å². The lowest BCUT2D eigenvalue weighted by Crippen LogP contribution is -1.96. The van der Waals surface area contributed by atoms with Gasteiger partial charge in [-0.3, -0.25) is 0 Å². The molecule has 132 valence electrons. The molecule has 0 unspecified atom stereocenters. The van der Waals surface area contributed by atoms with Crippen molar-refractivity contribution < 1.29 is 4.74 Å². The number of nitrogens with zero attached hydrogens (tertiary/aromatic N) is 4. The van der Waals surface area contributed by atoms with Gasteiger partial charge in [-0.25, -0.2) is 9.97 Å². The maximum atomic E-state index is 9.63. The molecule has 2 aromatic carbocycles. The van der Waals surface area contributed by atoms with E-state index in [0.29, 0.717) is 18.0 Å². The first-order chi connectivity index (χ1) is 13.2. The Hall–Kier alpha value is -3.43. The Labute approximate surface area is 160 Å². The molecular formula is C21H16N4OS. The molecule has 27 heavy (non-hydrogen) atoms. The molecule has 0 radical (unpaired) electrons. The lowest BCUT2D eigenvalue weighted by molar-refractivity contribution is 0.302. The standard InChI is InChI=1S/C21H16N4OS/c1-25-20-5-3-2-4-19(20)24-21(25)16(11-22)10-15-6-8-18(9-7-15)26-12-17-13-27-14-23-17/h2-10,13-14H,12H2,1H3/b16-10-. The number of rotatable bonds is 5. The summed E-state index contributed by atoms with van der Waals surface area (Å²) in [6, 6.07) is 17.8. The van der Waals surface area contributed by atoms with Gasteiger partial charge >= 0.3 is 0 Å². The lowest BCUT2D eigenvalue weighted by Gasteiger charge is -2.05. The van der Waals surface area contributed by atoms with E-state index in [4.69, 9.17) is 4.74 Å². The van der Waals surface area contributed by atoms with Gasteiger partial charge in [-0.2, -0.15) is 5.26 Å². The number of para-hydroxylation sites is 2. The molecule has 5 nitrogen and oxygen atoms in total. The van der Waals surface area contributed by atoms with Crippen molar-refractivity contribution in [3.05, 3.63) is 76.5 Å². The van der Waals surface area contributed by atoms with Crippen molar-refractivity contribution in [2.45, 2.75) is 6.61 Å². The predicted octanol–water partition coefficient (Wildman–Crippen LogP) is 4.67. The van der Waals surface area contributed by atoms with Crippen LogP contribution < -0.4 is 4.74 Å². The van der Waals surface area contributed by atoms with Crippen LogP contribution in [0.2, 0.25) is 0 Å². The van der Waals surface area contributed by atoms with Crippen LogP contribution in [-0.4, -0.2) is 14.5 Å². The largest absolute Gasteiger partial charge is 0.487 e. The van der Waals surface area contributed by atoms with Crippen molar-refractivity contribution in [1.82, 2.24) is 14.5 Å². The highest BCUT2D eigenvalue weighted by Crippen LogP contribution is 2.23. The van der Waals surface area contributed by atoms with Crippen LogP contribution >= 0.6 is 11.3 Å². The minimum absolute atomic E-state index is 0.446. The van der Waals surface area contributed by atoms with Crippen LogP contribution in [0.4, 0.5) is 0 Å². The van der Waals surface area contributed by atoms with Crippen LogP contribution in [0, 0.1) is 11.3 Å². The summed E-state index contributed by atoms with van der Waals surface area (Å²) in [6.07, 6.45) is 1.84. The fraction of sp³-hybridized carbons (Fsp3) is 0.0952. The topological polar surface area (TPSA) is 63.7 Å². The van der Waals surface area contributed by atoms with Crippen LogP contribution in [0.5, 0.6) is 5.75 Å². The summed E-state index contributed by atoms with van der Waals surface area (Å²) < 4.78 is 7.66. The second-order valence-corrected chi connectivity index (χ2v) is 6.71. The summed E-state index contributed by atoms with van der Waals surface area (Å²) >= 11 is 1.55. The number of benzene rings is 2. The normalized spacial score (nSPS) is 11.5. The van der Waals surface area contributed by atoms with Gasteiger partial charge in [0.15, 0.2) is 5.82 Å². The van der Waals surface area contributed by atoms with E-state index in [1.807, 2.05) is 71.6 Å². The predicted molar refractivity (Wildman–Crippen MR) is 107 cm³/mol. The highest BCUT2D eigenvalue weighted by Gasteiger charge is 2.11. The fourth-order valence-corrected chi connectivity index (χ4v) is 3.37. The number of nitriles is 1. The molecule has 0 saturated carbocycles. The van der Waals surface area contributed by atoms with E-state index in [9.17, 15) is 5.26 Å². The number of aromatic nitrogens is 3. The molecule has 2 heterocycles. The number of fused-ring (bicyclic) bond motifs is 1. The zero-order valence-corrected chi connectivity index (χ0v) is 15.5. The first-order valence-corrected chi connectivity index (χ1v) is 9.32. The smallest absolute Gasteiger partial charge is 0.151 e. The molecule has 0 aliphatic carbocycles. The Bertz CT molecular complexity index is 1140. The third-order valence-electron chi connectivity index (χ3n) is 4.21. The van der Waals surface area contributed by atoms with E-state index in [0.717, 1.165) is 28.0 Å². The van der Waals surface area contributed by atoms with E-state index in [1.165, 1.54) is 0 Å². The van der Waals surface area contributed by atoms with E-state index >= 15 is 0 Å². The molecule has 0 N–H and O–H groups in total. The average molecular weight is 372 g/mol. The van der Waals surface area contributed by atoms with Gasteiger partial charge in [0.1, 0.15) is 18.4 Å². The molecule has 4 rings (SSSR count). The van der Waals surface area contributed by atoms with Crippen molar-refractivity contribution in [1.29, 1.82) is 5.26 Å². The number of ether oxygens (including phenoxy) is 1. The van der Waals surface area contributed by atoms with Crippen LogP contribution in [-0.2, 0) is 13.7 Å². The molecule has 0 fully saturated rings. The Morgan fingerprint density at radius 3 is 2.74 bits per heavy atom. The minimum atomic E-state index is 0.446. The molecular weight excluding hydrogens is 356 g/mol. The summed E-state index contributed by atoms with van der Waals surface area (Å²) in [6.45, 7) is 0.446. The molecule has 0 amide bonds. The first-order valence-electron chi connectivity index (χ1n) is 8.38. The van der Waals surface area contributed by atoms with Crippen LogP contribution in [0.15, 0.2) is 59.4 Å². The van der Waals surface area contributed by atoms with Crippen molar-refractivity contribution >= 4 is 34.0 Å². The van der Waals surface area contributed by atoms with Crippen molar-refractivity contribution in [2.75, 3.05) is 0 Å². The third-order valence-corrected chi connectivity index (χ3v) is 4.85. The summed E-state index contributed by atoms with van der Waals surface area (Å²) in [5.41, 5.74) is 6.01. The zero-order chi connectivity index (χ0) is 18.6. The van der Waals surface area contributed by atoms with Gasteiger partial charge in [0.25, 0.3) is 0 Å².